The monoisotopic (exact) mass is 402 g/mol. The summed E-state index contributed by atoms with van der Waals surface area (Å²) in [5, 5.41) is 16.1. The lowest BCUT2D eigenvalue weighted by Gasteiger charge is -2.18. The Morgan fingerprint density at radius 1 is 1.28 bits per heavy atom. The van der Waals surface area contributed by atoms with Gasteiger partial charge in [0.1, 0.15) is 11.2 Å². The number of aryl methyl sites for hydroxylation is 1. The number of aromatic carboxylic acids is 1. The lowest BCUT2D eigenvalue weighted by atomic mass is 10.0. The van der Waals surface area contributed by atoms with E-state index in [1.54, 1.807) is 46.0 Å². The van der Waals surface area contributed by atoms with Crippen LogP contribution in [0.2, 0.25) is 0 Å². The minimum Gasteiger partial charge on any atom is -0.480 e. The Kier molecular flexibility index (Phi) is 4.14. The fourth-order valence-electron chi connectivity index (χ4n) is 2.60. The summed E-state index contributed by atoms with van der Waals surface area (Å²) in [6, 6.07) is 4.56. The molecule has 3 aromatic heterocycles. The number of nitrogens with one attached hydrogen (secondary N) is 1. The molecule has 0 aliphatic heterocycles. The summed E-state index contributed by atoms with van der Waals surface area (Å²) in [4.78, 5) is 31.8. The third-order valence-corrected chi connectivity index (χ3v) is 3.77. The van der Waals surface area contributed by atoms with Gasteiger partial charge in [-0.3, -0.25) is 5.32 Å². The van der Waals surface area contributed by atoms with Crippen LogP contribution < -0.4 is 10.1 Å². The third kappa shape index (κ3) is 4.42. The molecular formula is C19H21N5O5. The first-order valence-corrected chi connectivity index (χ1v) is 8.52. The Morgan fingerprint density at radius 2 is 2.03 bits per heavy atom. The van der Waals surface area contributed by atoms with Crippen LogP contribution in [-0.4, -0.2) is 49.4 Å². The van der Waals surface area contributed by atoms with E-state index in [4.69, 9.17) is 13.6 Å². The zero-order valence-electron chi connectivity index (χ0n) is 19.2. The number of carbonyl (C=O) groups is 2. The fourth-order valence-corrected chi connectivity index (χ4v) is 2.60. The molecular weight excluding hydrogens is 378 g/mol. The van der Waals surface area contributed by atoms with Crippen molar-refractivity contribution in [2.45, 2.75) is 33.3 Å². The summed E-state index contributed by atoms with van der Waals surface area (Å²) < 4.78 is 32.9. The van der Waals surface area contributed by atoms with Gasteiger partial charge < -0.3 is 14.6 Å². The van der Waals surface area contributed by atoms with Crippen molar-refractivity contribution in [2.24, 2.45) is 0 Å². The average molecular weight is 402 g/mol. The van der Waals surface area contributed by atoms with Crippen LogP contribution in [0.5, 0.6) is 5.88 Å². The van der Waals surface area contributed by atoms with Crippen molar-refractivity contribution in [3.05, 3.63) is 35.7 Å². The number of methoxy groups -OCH3 is 1. The van der Waals surface area contributed by atoms with Crippen LogP contribution in [0.25, 0.3) is 16.8 Å². The zero-order chi connectivity index (χ0) is 23.8. The molecule has 0 saturated heterocycles. The van der Waals surface area contributed by atoms with Gasteiger partial charge in [-0.15, -0.1) is 5.10 Å². The highest BCUT2D eigenvalue weighted by molar-refractivity contribution is 5.92. The molecule has 3 rings (SSSR count). The minimum atomic E-state index is -2.84. The van der Waals surface area contributed by atoms with Gasteiger partial charge in [0.2, 0.25) is 5.88 Å². The highest BCUT2D eigenvalue weighted by atomic mass is 16.6. The Labute approximate surface area is 170 Å². The van der Waals surface area contributed by atoms with Crippen molar-refractivity contribution < 1.29 is 28.3 Å². The molecule has 0 bridgehead atoms. The summed E-state index contributed by atoms with van der Waals surface area (Å²) in [7, 11) is -2.84. The molecule has 10 nitrogen and oxygen atoms in total. The van der Waals surface area contributed by atoms with Crippen molar-refractivity contribution in [1.82, 2.24) is 19.6 Å². The van der Waals surface area contributed by atoms with Crippen LogP contribution >= 0.6 is 0 Å². The Bertz CT molecular complexity index is 1200. The molecule has 0 fully saturated rings. The maximum Gasteiger partial charge on any atom is 0.414 e. The van der Waals surface area contributed by atoms with E-state index in [2.05, 4.69) is 20.4 Å². The number of hydrogen-bond donors (Lipinski definition) is 2. The lowest BCUT2D eigenvalue weighted by Crippen LogP contribution is -2.27. The van der Waals surface area contributed by atoms with Gasteiger partial charge >= 0.3 is 12.1 Å². The minimum absolute atomic E-state index is 0.0268. The van der Waals surface area contributed by atoms with Gasteiger partial charge in [-0.1, -0.05) is 0 Å². The Morgan fingerprint density at radius 3 is 2.69 bits per heavy atom. The summed E-state index contributed by atoms with van der Waals surface area (Å²) in [5.41, 5.74) is 0.639. The topological polar surface area (TPSA) is 128 Å². The largest absolute Gasteiger partial charge is 0.480 e. The van der Waals surface area contributed by atoms with Gasteiger partial charge in [0.15, 0.2) is 5.65 Å². The van der Waals surface area contributed by atoms with Crippen molar-refractivity contribution in [3.8, 4) is 17.0 Å². The maximum atomic E-state index is 11.9. The van der Waals surface area contributed by atoms with Crippen LogP contribution in [0.4, 0.5) is 10.7 Å². The van der Waals surface area contributed by atoms with Gasteiger partial charge in [0.05, 0.1) is 11.2 Å². The van der Waals surface area contributed by atoms with Crippen molar-refractivity contribution in [1.29, 1.82) is 0 Å². The van der Waals surface area contributed by atoms with Crippen molar-refractivity contribution >= 4 is 23.7 Å². The summed E-state index contributed by atoms with van der Waals surface area (Å²) in [5.74, 6) is -1.85. The summed E-state index contributed by atoms with van der Waals surface area (Å²) >= 11 is 0. The molecule has 0 spiro atoms. The predicted octanol–water partition coefficient (Wildman–Crippen LogP) is 3.15. The van der Waals surface area contributed by atoms with E-state index < -0.39 is 36.1 Å². The molecule has 29 heavy (non-hydrogen) atoms. The zero-order valence-corrected chi connectivity index (χ0v) is 16.2. The maximum absolute atomic E-state index is 11.9. The number of nitrogens with zero attached hydrogens (tertiary/aromatic N) is 4. The quantitative estimate of drug-likeness (QED) is 0.681. The third-order valence-electron chi connectivity index (χ3n) is 3.77. The predicted molar refractivity (Wildman–Crippen MR) is 104 cm³/mol. The van der Waals surface area contributed by atoms with E-state index in [0.29, 0.717) is 22.5 Å². The Balaban J connectivity index is 1.96. The number of carbonyl (C=O) groups excluding carboxylic acids is 1. The smallest absolute Gasteiger partial charge is 0.414 e. The molecule has 0 aliphatic rings. The van der Waals surface area contributed by atoms with Crippen LogP contribution in [0.1, 0.15) is 40.9 Å². The van der Waals surface area contributed by atoms with Crippen molar-refractivity contribution in [2.75, 3.05) is 12.4 Å². The van der Waals surface area contributed by atoms with E-state index in [9.17, 15) is 14.7 Å². The number of carboxylic acids is 1. The number of rotatable bonds is 4. The van der Waals surface area contributed by atoms with Crippen LogP contribution in [0.15, 0.2) is 24.4 Å². The number of ether oxygens (including phenoxy) is 2. The molecule has 0 aliphatic carbocycles. The van der Waals surface area contributed by atoms with Gasteiger partial charge in [0, 0.05) is 17.5 Å². The SMILES string of the molecule is [2H]C([2H])([2H])Oc1nc(C)c(-c2ccn3nc(NC(=O)OC(C)(C)C)nc3c2)cc1C(=O)O. The fraction of sp³-hybridized carbons (Fsp3) is 0.316. The number of hydrogen-bond acceptors (Lipinski definition) is 7. The lowest BCUT2D eigenvalue weighted by molar-refractivity contribution is 0.0632. The molecule has 2 N–H and O–H groups in total. The molecule has 0 saturated carbocycles. The molecule has 0 aromatic carbocycles. The van der Waals surface area contributed by atoms with E-state index >= 15 is 0 Å². The molecule has 3 heterocycles. The van der Waals surface area contributed by atoms with Gasteiger partial charge in [-0.05, 0) is 51.5 Å². The van der Waals surface area contributed by atoms with E-state index in [1.807, 2.05) is 0 Å². The molecule has 10 heteroatoms. The number of anilines is 1. The standard InChI is InChI=1S/C19H21N5O5/c1-10-12(9-13(16(25)26)15(20-10)28-5)11-6-7-24-14(8-11)21-17(23-24)22-18(27)29-19(2,3)4/h6-9H,1-5H3,(H,25,26)(H,22,23,27)/i5D3. The number of carboxylic acid groups (broad SMARTS) is 1. The summed E-state index contributed by atoms with van der Waals surface area (Å²) in [6.45, 7) is 6.78. The second-order valence-corrected chi connectivity index (χ2v) is 7.16. The van der Waals surface area contributed by atoms with E-state index in [1.165, 1.54) is 10.6 Å². The van der Waals surface area contributed by atoms with Crippen molar-refractivity contribution in [3.63, 3.8) is 0 Å². The highest BCUT2D eigenvalue weighted by Crippen LogP contribution is 2.28. The van der Waals surface area contributed by atoms with Crippen LogP contribution in [-0.2, 0) is 4.74 Å². The second kappa shape index (κ2) is 7.38. The molecule has 3 aromatic rings. The molecule has 0 unspecified atom stereocenters. The molecule has 152 valence electrons. The van der Waals surface area contributed by atoms with Crippen LogP contribution in [0, 0.1) is 6.92 Å². The van der Waals surface area contributed by atoms with Gasteiger partial charge in [-0.25, -0.2) is 19.1 Å². The average Bonchev–Trinajstić information content (AvgIpc) is 2.99. The van der Waals surface area contributed by atoms with E-state index in [-0.39, 0.29) is 5.95 Å². The molecule has 0 radical (unpaired) electrons. The number of fused-ring (bicyclic) bond motifs is 1. The highest BCUT2D eigenvalue weighted by Gasteiger charge is 2.19. The first kappa shape index (κ1) is 16.3. The second-order valence-electron chi connectivity index (χ2n) is 7.16. The normalized spacial score (nSPS) is 13.3. The van der Waals surface area contributed by atoms with E-state index in [0.717, 1.165) is 0 Å². The Hall–Kier alpha value is -3.69. The number of aromatic nitrogens is 4. The molecule has 0 atom stereocenters. The van der Waals surface area contributed by atoms with Gasteiger partial charge in [0.25, 0.3) is 5.95 Å². The van der Waals surface area contributed by atoms with Gasteiger partial charge in [-0.2, -0.15) is 4.98 Å². The first-order chi connectivity index (χ1) is 14.7. The summed E-state index contributed by atoms with van der Waals surface area (Å²) in [6.07, 6.45) is 0.870. The molecule has 1 amide bonds. The number of pyridine rings is 2. The number of amides is 1. The van der Waals surface area contributed by atoms with Crippen LogP contribution in [0.3, 0.4) is 0 Å². The first-order valence-electron chi connectivity index (χ1n) is 10.0.